The first-order valence-electron chi connectivity index (χ1n) is 4.89. The molecule has 0 aromatic rings. The van der Waals surface area contributed by atoms with Crippen LogP contribution >= 0.6 is 0 Å². The van der Waals surface area contributed by atoms with Crippen molar-refractivity contribution in [3.8, 4) is 0 Å². The van der Waals surface area contributed by atoms with Gasteiger partial charge in [-0.05, 0) is 0 Å². The molecule has 0 aromatic carbocycles. The van der Waals surface area contributed by atoms with E-state index in [2.05, 4.69) is 0 Å². The number of alkyl halides is 1. The zero-order chi connectivity index (χ0) is 10.9. The van der Waals surface area contributed by atoms with E-state index in [1.807, 2.05) is 0 Å². The minimum atomic E-state index is -1.08. The van der Waals surface area contributed by atoms with Gasteiger partial charge in [0.25, 0.3) is 0 Å². The molecule has 1 aliphatic rings. The largest absolute Gasteiger partial charge is 0.329 e. The maximum atomic E-state index is 13.3. The lowest BCUT2D eigenvalue weighted by Crippen LogP contribution is -2.40. The molecule has 1 rings (SSSR count). The van der Waals surface area contributed by atoms with E-state index >= 15 is 0 Å². The average molecular weight is 201 g/mol. The molecule has 80 valence electrons. The highest BCUT2D eigenvalue weighted by Gasteiger charge is 2.41. The summed E-state index contributed by atoms with van der Waals surface area (Å²) in [5.41, 5.74) is 0. The minimum absolute atomic E-state index is 0.0571. The summed E-state index contributed by atoms with van der Waals surface area (Å²) in [4.78, 5) is 23.7. The van der Waals surface area contributed by atoms with E-state index in [-0.39, 0.29) is 24.3 Å². The summed E-state index contributed by atoms with van der Waals surface area (Å²) in [6.07, 6.45) is -0.405. The summed E-state index contributed by atoms with van der Waals surface area (Å²) >= 11 is 0. The second-order valence-electron chi connectivity index (χ2n) is 4.15. The maximum Gasteiger partial charge on any atom is 0.225 e. The van der Waals surface area contributed by atoms with Gasteiger partial charge in [0.2, 0.25) is 5.91 Å². The molecule has 1 heterocycles. The Morgan fingerprint density at radius 2 is 2.14 bits per heavy atom. The number of carbonyl (C=O) groups excluding carboxylic acids is 2. The quantitative estimate of drug-likeness (QED) is 0.626. The van der Waals surface area contributed by atoms with Crippen molar-refractivity contribution in [1.29, 1.82) is 0 Å². The summed E-state index contributed by atoms with van der Waals surface area (Å²) in [5.74, 6) is -0.709. The number of rotatable bonds is 2. The van der Waals surface area contributed by atoms with Crippen LogP contribution < -0.4 is 0 Å². The third kappa shape index (κ3) is 1.79. The SMILES string of the molecule is CC(C)C(=O)N1C[C@@H](F)[C@@H](C)[C@H]1C=O. The molecule has 0 saturated carbocycles. The van der Waals surface area contributed by atoms with Crippen molar-refractivity contribution < 1.29 is 14.0 Å². The van der Waals surface area contributed by atoms with Gasteiger partial charge in [0.1, 0.15) is 12.5 Å². The molecule has 0 unspecified atom stereocenters. The first kappa shape index (κ1) is 11.1. The molecule has 4 heteroatoms. The molecule has 1 fully saturated rings. The van der Waals surface area contributed by atoms with E-state index in [9.17, 15) is 14.0 Å². The molecule has 1 aliphatic heterocycles. The first-order valence-corrected chi connectivity index (χ1v) is 4.89. The average Bonchev–Trinajstić information content (AvgIpc) is 2.41. The lowest BCUT2D eigenvalue weighted by molar-refractivity contribution is -0.137. The number of amides is 1. The topological polar surface area (TPSA) is 37.4 Å². The summed E-state index contributed by atoms with van der Waals surface area (Å²) in [6, 6.07) is -0.583. The van der Waals surface area contributed by atoms with Crippen LogP contribution in [-0.2, 0) is 9.59 Å². The van der Waals surface area contributed by atoms with Gasteiger partial charge in [0.05, 0.1) is 12.6 Å². The molecule has 1 amide bonds. The van der Waals surface area contributed by atoms with Crippen molar-refractivity contribution in [2.75, 3.05) is 6.54 Å². The Balaban J connectivity index is 2.80. The van der Waals surface area contributed by atoms with Crippen LogP contribution in [0.5, 0.6) is 0 Å². The highest BCUT2D eigenvalue weighted by Crippen LogP contribution is 2.26. The van der Waals surface area contributed by atoms with Crippen molar-refractivity contribution in [1.82, 2.24) is 4.90 Å². The van der Waals surface area contributed by atoms with Crippen molar-refractivity contribution in [2.24, 2.45) is 11.8 Å². The molecule has 14 heavy (non-hydrogen) atoms. The number of halogens is 1. The van der Waals surface area contributed by atoms with Gasteiger partial charge in [-0.2, -0.15) is 0 Å². The number of carbonyl (C=O) groups is 2. The molecule has 0 radical (unpaired) electrons. The maximum absolute atomic E-state index is 13.3. The van der Waals surface area contributed by atoms with Crippen molar-refractivity contribution in [3.63, 3.8) is 0 Å². The van der Waals surface area contributed by atoms with Gasteiger partial charge in [0.15, 0.2) is 0 Å². The van der Waals surface area contributed by atoms with Crippen molar-refractivity contribution >= 4 is 12.2 Å². The van der Waals surface area contributed by atoms with Crippen LogP contribution in [0, 0.1) is 11.8 Å². The Hall–Kier alpha value is -0.930. The monoisotopic (exact) mass is 201 g/mol. The van der Waals surface area contributed by atoms with Gasteiger partial charge in [-0.15, -0.1) is 0 Å². The fraction of sp³-hybridized carbons (Fsp3) is 0.800. The normalized spacial score (nSPS) is 32.4. The molecule has 0 aliphatic carbocycles. The molecule has 1 saturated heterocycles. The van der Waals surface area contributed by atoms with Crippen LogP contribution in [-0.4, -0.2) is 35.9 Å². The minimum Gasteiger partial charge on any atom is -0.329 e. The van der Waals surface area contributed by atoms with Crippen molar-refractivity contribution in [2.45, 2.75) is 33.0 Å². The number of hydrogen-bond donors (Lipinski definition) is 0. The van der Waals surface area contributed by atoms with Gasteiger partial charge in [-0.3, -0.25) is 4.79 Å². The molecular formula is C10H16FNO2. The molecule has 0 bridgehead atoms. The highest BCUT2D eigenvalue weighted by atomic mass is 19.1. The van der Waals surface area contributed by atoms with Gasteiger partial charge < -0.3 is 9.69 Å². The van der Waals surface area contributed by atoms with E-state index in [0.29, 0.717) is 6.29 Å². The Bertz CT molecular complexity index is 242. The van der Waals surface area contributed by atoms with Crippen LogP contribution in [0.4, 0.5) is 4.39 Å². The fourth-order valence-electron chi connectivity index (χ4n) is 1.74. The Kier molecular flexibility index (Phi) is 3.24. The fourth-order valence-corrected chi connectivity index (χ4v) is 1.74. The van der Waals surface area contributed by atoms with Gasteiger partial charge in [0, 0.05) is 11.8 Å². The third-order valence-electron chi connectivity index (χ3n) is 2.76. The summed E-state index contributed by atoms with van der Waals surface area (Å²) in [5, 5.41) is 0. The number of aldehydes is 1. The molecular weight excluding hydrogens is 185 g/mol. The standard InChI is InChI=1S/C10H16FNO2/c1-6(2)10(14)12-4-8(11)7(3)9(12)5-13/h5-9H,4H2,1-3H3/t7-,8-,9-/m1/s1. The number of hydrogen-bond acceptors (Lipinski definition) is 2. The molecule has 0 aromatic heterocycles. The zero-order valence-electron chi connectivity index (χ0n) is 8.74. The highest BCUT2D eigenvalue weighted by molar-refractivity contribution is 5.82. The Morgan fingerprint density at radius 3 is 2.57 bits per heavy atom. The molecule has 3 nitrogen and oxygen atoms in total. The second-order valence-corrected chi connectivity index (χ2v) is 4.15. The van der Waals surface area contributed by atoms with Crippen LogP contribution in [0.25, 0.3) is 0 Å². The predicted octanol–water partition coefficient (Wildman–Crippen LogP) is 1.03. The number of likely N-dealkylation sites (tertiary alicyclic amines) is 1. The van der Waals surface area contributed by atoms with Gasteiger partial charge in [-0.25, -0.2) is 4.39 Å². The van der Waals surface area contributed by atoms with Crippen LogP contribution in [0.15, 0.2) is 0 Å². The lowest BCUT2D eigenvalue weighted by Gasteiger charge is -2.23. The van der Waals surface area contributed by atoms with Crippen molar-refractivity contribution in [3.05, 3.63) is 0 Å². The Labute approximate surface area is 83.3 Å². The summed E-state index contributed by atoms with van der Waals surface area (Å²) < 4.78 is 13.3. The zero-order valence-corrected chi connectivity index (χ0v) is 8.74. The summed E-state index contributed by atoms with van der Waals surface area (Å²) in [6.45, 7) is 5.22. The van der Waals surface area contributed by atoms with Crippen LogP contribution in [0.2, 0.25) is 0 Å². The van der Waals surface area contributed by atoms with E-state index < -0.39 is 12.2 Å². The molecule has 3 atom stereocenters. The van der Waals surface area contributed by atoms with Crippen LogP contribution in [0.3, 0.4) is 0 Å². The van der Waals surface area contributed by atoms with E-state index in [1.54, 1.807) is 20.8 Å². The molecule has 0 spiro atoms. The summed E-state index contributed by atoms with van der Waals surface area (Å²) in [7, 11) is 0. The van der Waals surface area contributed by atoms with E-state index in [4.69, 9.17) is 0 Å². The van der Waals surface area contributed by atoms with E-state index in [0.717, 1.165) is 0 Å². The van der Waals surface area contributed by atoms with E-state index in [1.165, 1.54) is 4.90 Å². The predicted molar refractivity (Wildman–Crippen MR) is 50.5 cm³/mol. The lowest BCUT2D eigenvalue weighted by atomic mass is 10.0. The molecule has 0 N–H and O–H groups in total. The van der Waals surface area contributed by atoms with Gasteiger partial charge >= 0.3 is 0 Å². The third-order valence-corrected chi connectivity index (χ3v) is 2.76. The van der Waals surface area contributed by atoms with Crippen LogP contribution in [0.1, 0.15) is 20.8 Å². The van der Waals surface area contributed by atoms with Gasteiger partial charge in [-0.1, -0.05) is 20.8 Å². The smallest absolute Gasteiger partial charge is 0.225 e. The second kappa shape index (κ2) is 4.07. The Morgan fingerprint density at radius 1 is 1.57 bits per heavy atom. The number of nitrogens with zero attached hydrogens (tertiary/aromatic N) is 1. The first-order chi connectivity index (χ1) is 6.49.